The molecular weight excluding hydrogens is 391 g/mol. The highest BCUT2D eigenvalue weighted by Crippen LogP contribution is 2.31. The fraction of sp³-hybridized carbons (Fsp3) is 0.409. The summed E-state index contributed by atoms with van der Waals surface area (Å²) in [5.74, 6) is -0.299. The maximum absolute atomic E-state index is 13.5. The number of carbonyl (C=O) groups is 1. The summed E-state index contributed by atoms with van der Waals surface area (Å²) in [6, 6.07) is 11.9. The second-order valence-electron chi connectivity index (χ2n) is 7.91. The maximum atomic E-state index is 13.5. The van der Waals surface area contributed by atoms with Crippen LogP contribution in [0.3, 0.4) is 0 Å². The summed E-state index contributed by atoms with van der Waals surface area (Å²) in [4.78, 5) is 15.1. The van der Waals surface area contributed by atoms with Crippen LogP contribution in [0.1, 0.15) is 40.7 Å². The zero-order valence-electron chi connectivity index (χ0n) is 16.5. The molecule has 0 aromatic heterocycles. The zero-order valence-corrected chi connectivity index (χ0v) is 17.3. The van der Waals surface area contributed by atoms with E-state index in [0.29, 0.717) is 30.8 Å². The average molecular weight is 417 g/mol. The third-order valence-corrected chi connectivity index (χ3v) is 6.98. The van der Waals surface area contributed by atoms with E-state index in [4.69, 9.17) is 0 Å². The Hall–Kier alpha value is -2.41. The van der Waals surface area contributed by atoms with Crippen molar-refractivity contribution in [2.45, 2.75) is 38.1 Å². The van der Waals surface area contributed by atoms with Crippen molar-refractivity contribution in [3.05, 3.63) is 65.0 Å². The average Bonchev–Trinajstić information content (AvgIpc) is 3.13. The molecule has 0 aliphatic carbocycles. The molecule has 2 aliphatic heterocycles. The van der Waals surface area contributed by atoms with E-state index in [1.165, 1.54) is 22.7 Å². The van der Waals surface area contributed by atoms with E-state index in [0.717, 1.165) is 36.8 Å². The summed E-state index contributed by atoms with van der Waals surface area (Å²) in [5, 5.41) is 0. The number of likely N-dealkylation sites (tertiary alicyclic amines) is 1. The van der Waals surface area contributed by atoms with Gasteiger partial charge in [0.25, 0.3) is 5.91 Å². The van der Waals surface area contributed by atoms with Crippen LogP contribution in [0.4, 0.5) is 10.1 Å². The lowest BCUT2D eigenvalue weighted by Gasteiger charge is -2.30. The van der Waals surface area contributed by atoms with Crippen molar-refractivity contribution in [2.75, 3.05) is 23.7 Å². The number of benzene rings is 2. The van der Waals surface area contributed by atoms with Gasteiger partial charge in [-0.15, -0.1) is 0 Å². The first-order chi connectivity index (χ1) is 13.8. The maximum Gasteiger partial charge on any atom is 0.254 e. The second kappa shape index (κ2) is 7.78. The first-order valence-electron chi connectivity index (χ1n) is 9.99. The van der Waals surface area contributed by atoms with Crippen molar-refractivity contribution in [1.82, 2.24) is 4.90 Å². The van der Waals surface area contributed by atoms with Crippen LogP contribution in [0.5, 0.6) is 0 Å². The number of hydrogen-bond donors (Lipinski definition) is 0. The van der Waals surface area contributed by atoms with Crippen LogP contribution < -0.4 is 4.31 Å². The predicted octanol–water partition coefficient (Wildman–Crippen LogP) is 3.39. The van der Waals surface area contributed by atoms with E-state index in [2.05, 4.69) is 0 Å². The van der Waals surface area contributed by atoms with Gasteiger partial charge in [0.05, 0.1) is 11.9 Å². The monoisotopic (exact) mass is 416 g/mol. The van der Waals surface area contributed by atoms with Gasteiger partial charge in [-0.3, -0.25) is 9.10 Å². The molecule has 0 saturated carbocycles. The van der Waals surface area contributed by atoms with E-state index in [1.54, 1.807) is 18.2 Å². The molecule has 0 spiro atoms. The van der Waals surface area contributed by atoms with Gasteiger partial charge in [-0.1, -0.05) is 12.1 Å². The quantitative estimate of drug-likeness (QED) is 0.768. The molecule has 1 saturated heterocycles. The highest BCUT2D eigenvalue weighted by Gasteiger charge is 2.31. The van der Waals surface area contributed by atoms with Crippen LogP contribution in [-0.4, -0.2) is 44.6 Å². The van der Waals surface area contributed by atoms with Crippen LogP contribution >= 0.6 is 0 Å². The molecule has 29 heavy (non-hydrogen) atoms. The summed E-state index contributed by atoms with van der Waals surface area (Å²) in [5.41, 5.74) is 3.05. The van der Waals surface area contributed by atoms with Crippen LogP contribution in [0.2, 0.25) is 0 Å². The zero-order chi connectivity index (χ0) is 20.6. The van der Waals surface area contributed by atoms with Gasteiger partial charge in [0.2, 0.25) is 10.0 Å². The molecule has 0 bridgehead atoms. The van der Waals surface area contributed by atoms with Crippen molar-refractivity contribution in [3.63, 3.8) is 0 Å². The lowest BCUT2D eigenvalue weighted by atomic mass is 9.99. The standard InChI is InChI=1S/C22H25FN2O3S/c1-29(27,28)25-12-3-6-17-15-18(9-10-21(17)25)22(26)24-11-4-8-20(24)14-16-5-2-7-19(23)13-16/h2,5,7,9-10,13,15,20H,3-4,6,8,11-12,14H2,1H3. The molecule has 1 unspecified atom stereocenters. The Labute approximate surface area is 171 Å². The predicted molar refractivity (Wildman–Crippen MR) is 111 cm³/mol. The van der Waals surface area contributed by atoms with Crippen molar-refractivity contribution in [2.24, 2.45) is 0 Å². The number of carbonyl (C=O) groups excluding carboxylic acids is 1. The number of nitrogens with zero attached hydrogens (tertiary/aromatic N) is 2. The van der Waals surface area contributed by atoms with Crippen molar-refractivity contribution in [3.8, 4) is 0 Å². The van der Waals surface area contributed by atoms with Gasteiger partial charge < -0.3 is 4.90 Å². The van der Waals surface area contributed by atoms with E-state index in [-0.39, 0.29) is 17.8 Å². The number of halogens is 1. The molecule has 1 fully saturated rings. The first kappa shape index (κ1) is 19.9. The number of rotatable bonds is 4. The lowest BCUT2D eigenvalue weighted by molar-refractivity contribution is 0.0736. The normalized spacial score (nSPS) is 19.3. The first-order valence-corrected chi connectivity index (χ1v) is 11.8. The number of aryl methyl sites for hydroxylation is 1. The van der Waals surface area contributed by atoms with Gasteiger partial charge >= 0.3 is 0 Å². The van der Waals surface area contributed by atoms with Crippen molar-refractivity contribution < 1.29 is 17.6 Å². The molecule has 7 heteroatoms. The van der Waals surface area contributed by atoms with Crippen LogP contribution in [-0.2, 0) is 22.9 Å². The Balaban J connectivity index is 1.56. The minimum atomic E-state index is -3.33. The number of anilines is 1. The fourth-order valence-corrected chi connectivity index (χ4v) is 5.45. The molecule has 5 nitrogen and oxygen atoms in total. The molecule has 154 valence electrons. The molecule has 4 rings (SSSR count). The Bertz CT molecular complexity index is 1040. The van der Waals surface area contributed by atoms with Crippen molar-refractivity contribution in [1.29, 1.82) is 0 Å². The minimum absolute atomic E-state index is 0.0387. The van der Waals surface area contributed by atoms with Gasteiger partial charge in [0.1, 0.15) is 5.82 Å². The van der Waals surface area contributed by atoms with Gasteiger partial charge in [0, 0.05) is 24.7 Å². The molecule has 1 atom stereocenters. The molecule has 0 radical (unpaired) electrons. The molecule has 2 aromatic carbocycles. The fourth-order valence-electron chi connectivity index (χ4n) is 4.46. The smallest absolute Gasteiger partial charge is 0.254 e. The summed E-state index contributed by atoms with van der Waals surface area (Å²) in [6.45, 7) is 1.16. The Morgan fingerprint density at radius 2 is 1.97 bits per heavy atom. The topological polar surface area (TPSA) is 57.7 Å². The van der Waals surface area contributed by atoms with E-state index in [9.17, 15) is 17.6 Å². The van der Waals surface area contributed by atoms with Crippen LogP contribution in [0.15, 0.2) is 42.5 Å². The van der Waals surface area contributed by atoms with Gasteiger partial charge in [-0.05, 0) is 73.6 Å². The Morgan fingerprint density at radius 1 is 1.14 bits per heavy atom. The van der Waals surface area contributed by atoms with Gasteiger partial charge in [-0.2, -0.15) is 0 Å². The van der Waals surface area contributed by atoms with E-state index < -0.39 is 10.0 Å². The van der Waals surface area contributed by atoms with Gasteiger partial charge in [-0.25, -0.2) is 12.8 Å². The summed E-state index contributed by atoms with van der Waals surface area (Å²) < 4.78 is 39.0. The number of amides is 1. The molecular formula is C22H25FN2O3S. The summed E-state index contributed by atoms with van der Waals surface area (Å²) in [6.07, 6.45) is 5.17. The van der Waals surface area contributed by atoms with Gasteiger partial charge in [0.15, 0.2) is 0 Å². The molecule has 2 aliphatic rings. The van der Waals surface area contributed by atoms with Crippen molar-refractivity contribution >= 4 is 21.6 Å². The lowest BCUT2D eigenvalue weighted by Crippen LogP contribution is -2.37. The minimum Gasteiger partial charge on any atom is -0.335 e. The van der Waals surface area contributed by atoms with E-state index >= 15 is 0 Å². The summed E-state index contributed by atoms with van der Waals surface area (Å²) >= 11 is 0. The molecule has 0 N–H and O–H groups in total. The summed E-state index contributed by atoms with van der Waals surface area (Å²) in [7, 11) is -3.33. The van der Waals surface area contributed by atoms with Crippen LogP contribution in [0, 0.1) is 5.82 Å². The third-order valence-electron chi connectivity index (χ3n) is 5.80. The van der Waals surface area contributed by atoms with E-state index in [1.807, 2.05) is 17.0 Å². The largest absolute Gasteiger partial charge is 0.335 e. The number of hydrogen-bond acceptors (Lipinski definition) is 3. The molecule has 1 amide bonds. The Morgan fingerprint density at radius 3 is 2.72 bits per heavy atom. The molecule has 2 heterocycles. The second-order valence-corrected chi connectivity index (χ2v) is 9.82. The molecule has 2 aromatic rings. The Kier molecular flexibility index (Phi) is 5.34. The third kappa shape index (κ3) is 4.15. The highest BCUT2D eigenvalue weighted by molar-refractivity contribution is 7.92. The number of sulfonamides is 1. The number of fused-ring (bicyclic) bond motifs is 1. The highest BCUT2D eigenvalue weighted by atomic mass is 32.2. The van der Waals surface area contributed by atoms with Crippen LogP contribution in [0.25, 0.3) is 0 Å². The SMILES string of the molecule is CS(=O)(=O)N1CCCc2cc(C(=O)N3CCCC3Cc3cccc(F)c3)ccc21.